The second-order valence-corrected chi connectivity index (χ2v) is 13.6. The molecule has 3 rings (SSSR count). The topological polar surface area (TPSA) is 99.1 Å². The van der Waals surface area contributed by atoms with E-state index in [1.165, 1.54) is 44.1 Å². The number of nitrogens with one attached hydrogen (secondary N) is 1. The lowest BCUT2D eigenvalue weighted by atomic mass is 9.87. The Hall–Kier alpha value is -3.94. The van der Waals surface area contributed by atoms with Crippen molar-refractivity contribution in [3.05, 3.63) is 95.6 Å². The number of nitrogens with zero attached hydrogens (tertiary/aromatic N) is 3. The summed E-state index contributed by atoms with van der Waals surface area (Å²) >= 11 is 0. The summed E-state index contributed by atoms with van der Waals surface area (Å²) in [6.45, 7) is 8.80. The third-order valence-electron chi connectivity index (χ3n) is 9.80. The van der Waals surface area contributed by atoms with E-state index in [1.54, 1.807) is 12.7 Å². The number of ether oxygens (including phenoxy) is 2. The minimum Gasteiger partial charge on any atom is -0.465 e. The molecule has 0 amide bonds. The van der Waals surface area contributed by atoms with Gasteiger partial charge in [0.2, 0.25) is 0 Å². The Morgan fingerprint density at radius 1 is 0.920 bits per heavy atom. The van der Waals surface area contributed by atoms with Crippen molar-refractivity contribution in [2.24, 2.45) is 18.9 Å². The van der Waals surface area contributed by atoms with Crippen LogP contribution in [0.3, 0.4) is 0 Å². The van der Waals surface area contributed by atoms with E-state index < -0.39 is 5.92 Å². The highest BCUT2D eigenvalue weighted by Gasteiger charge is 2.31. The Balaban J connectivity index is 1.44. The molecule has 0 bridgehead atoms. The monoisotopic (exact) mass is 686 g/mol. The highest BCUT2D eigenvalue weighted by molar-refractivity contribution is 5.73. The molecular formula is C42H62N4O4. The van der Waals surface area contributed by atoms with E-state index in [9.17, 15) is 9.59 Å². The summed E-state index contributed by atoms with van der Waals surface area (Å²) in [5, 5.41) is 0. The van der Waals surface area contributed by atoms with Crippen LogP contribution in [0.2, 0.25) is 0 Å². The third-order valence-corrected chi connectivity index (χ3v) is 9.80. The van der Waals surface area contributed by atoms with E-state index >= 15 is 0 Å². The molecule has 0 saturated heterocycles. The molecule has 0 spiro atoms. The molecule has 8 heteroatoms. The van der Waals surface area contributed by atoms with Crippen molar-refractivity contribution in [1.82, 2.24) is 19.5 Å². The second-order valence-electron chi connectivity index (χ2n) is 13.6. The molecule has 0 saturated carbocycles. The normalized spacial score (nSPS) is 13.5. The number of H-pyrrole nitrogens is 1. The molecule has 0 radical (unpaired) electrons. The highest BCUT2D eigenvalue weighted by atomic mass is 16.5. The molecule has 1 aromatic carbocycles. The Bertz CT molecular complexity index is 1440. The van der Waals surface area contributed by atoms with Crippen LogP contribution >= 0.6 is 0 Å². The number of rotatable bonds is 25. The molecule has 0 aliphatic heterocycles. The van der Waals surface area contributed by atoms with Gasteiger partial charge in [0, 0.05) is 49.1 Å². The maximum Gasteiger partial charge on any atom is 0.309 e. The van der Waals surface area contributed by atoms with Gasteiger partial charge >= 0.3 is 11.9 Å². The van der Waals surface area contributed by atoms with Gasteiger partial charge in [-0.3, -0.25) is 9.59 Å². The molecule has 274 valence electrons. The number of esters is 2. The Morgan fingerprint density at radius 2 is 1.66 bits per heavy atom. The van der Waals surface area contributed by atoms with Gasteiger partial charge in [0.15, 0.2) is 0 Å². The van der Waals surface area contributed by atoms with E-state index in [2.05, 4.69) is 66.1 Å². The summed E-state index contributed by atoms with van der Waals surface area (Å²) in [5.41, 5.74) is 5.27. The highest BCUT2D eigenvalue weighted by Crippen LogP contribution is 2.28. The van der Waals surface area contributed by atoms with Gasteiger partial charge in [0.1, 0.15) is 6.61 Å². The van der Waals surface area contributed by atoms with E-state index in [-0.39, 0.29) is 37.0 Å². The molecular weight excluding hydrogens is 624 g/mol. The van der Waals surface area contributed by atoms with Crippen LogP contribution in [0.25, 0.3) is 0 Å². The van der Waals surface area contributed by atoms with Gasteiger partial charge < -0.3 is 19.0 Å². The van der Waals surface area contributed by atoms with Crippen LogP contribution in [0.4, 0.5) is 0 Å². The van der Waals surface area contributed by atoms with Gasteiger partial charge in [0.25, 0.3) is 0 Å². The number of aromatic nitrogens is 4. The van der Waals surface area contributed by atoms with Crippen molar-refractivity contribution < 1.29 is 19.1 Å². The van der Waals surface area contributed by atoms with Crippen LogP contribution in [-0.4, -0.2) is 38.1 Å². The van der Waals surface area contributed by atoms with E-state index in [4.69, 9.17) is 9.47 Å². The largest absolute Gasteiger partial charge is 0.465 e. The molecule has 2 heterocycles. The Morgan fingerprint density at radius 3 is 2.34 bits per heavy atom. The number of unbranched alkanes of at least 4 members (excludes halogenated alkanes) is 8. The summed E-state index contributed by atoms with van der Waals surface area (Å²) < 4.78 is 13.7. The fourth-order valence-electron chi connectivity index (χ4n) is 6.47. The summed E-state index contributed by atoms with van der Waals surface area (Å²) in [5.74, 6) is -0.965. The van der Waals surface area contributed by atoms with E-state index in [0.29, 0.717) is 19.3 Å². The van der Waals surface area contributed by atoms with Crippen LogP contribution in [0.1, 0.15) is 138 Å². The zero-order valence-corrected chi connectivity index (χ0v) is 31.4. The summed E-state index contributed by atoms with van der Waals surface area (Å²) in [7, 11) is 1.94. The molecule has 1 N–H and O–H groups in total. The fraction of sp³-hybridized carbons (Fsp3) is 0.571. The van der Waals surface area contributed by atoms with Gasteiger partial charge in [-0.1, -0.05) is 95.4 Å². The number of benzene rings is 1. The van der Waals surface area contributed by atoms with Gasteiger partial charge in [-0.05, 0) is 75.0 Å². The van der Waals surface area contributed by atoms with Gasteiger partial charge in [-0.2, -0.15) is 0 Å². The molecule has 0 unspecified atom stereocenters. The molecule has 0 aliphatic rings. The average molecular weight is 687 g/mol. The molecule has 3 aromatic rings. The summed E-state index contributed by atoms with van der Waals surface area (Å²) in [4.78, 5) is 38.0. The van der Waals surface area contributed by atoms with Crippen molar-refractivity contribution in [2.75, 3.05) is 6.61 Å². The Kier molecular flexibility index (Phi) is 19.0. The van der Waals surface area contributed by atoms with Crippen molar-refractivity contribution in [1.29, 1.82) is 0 Å². The average Bonchev–Trinajstić information content (AvgIpc) is 3.80. The maximum absolute atomic E-state index is 13.6. The first kappa shape index (κ1) is 40.5. The lowest BCUT2D eigenvalue weighted by molar-refractivity contribution is -0.156. The SMILES string of the molecule is CCCCC/C=C\C/C=C\CCCCCCCC(=O)OC[C@H](Cc1cncn1C)[C@H](CC)C(=O)OCc1cccc([C@H](C)c2cnc[nH]2)c1C. The van der Waals surface area contributed by atoms with E-state index in [1.807, 2.05) is 43.1 Å². The molecule has 50 heavy (non-hydrogen) atoms. The summed E-state index contributed by atoms with van der Waals surface area (Å²) in [6, 6.07) is 6.12. The first-order chi connectivity index (χ1) is 24.3. The smallest absolute Gasteiger partial charge is 0.309 e. The maximum atomic E-state index is 13.6. The fourth-order valence-corrected chi connectivity index (χ4v) is 6.47. The minimum atomic E-state index is -0.416. The first-order valence-electron chi connectivity index (χ1n) is 19.0. The molecule has 8 nitrogen and oxygen atoms in total. The number of hydrogen-bond acceptors (Lipinski definition) is 6. The molecule has 3 atom stereocenters. The second kappa shape index (κ2) is 23.5. The predicted octanol–water partition coefficient (Wildman–Crippen LogP) is 9.89. The number of aromatic amines is 1. The third kappa shape index (κ3) is 14.1. The molecule has 2 aromatic heterocycles. The van der Waals surface area contributed by atoms with Crippen LogP contribution in [0, 0.1) is 18.8 Å². The van der Waals surface area contributed by atoms with E-state index in [0.717, 1.165) is 54.6 Å². The predicted molar refractivity (Wildman–Crippen MR) is 202 cm³/mol. The zero-order chi connectivity index (χ0) is 36.0. The van der Waals surface area contributed by atoms with Crippen LogP contribution in [-0.2, 0) is 39.1 Å². The first-order valence-corrected chi connectivity index (χ1v) is 19.0. The molecule has 0 aliphatic carbocycles. The number of allylic oxidation sites excluding steroid dienone is 4. The van der Waals surface area contributed by atoms with Crippen molar-refractivity contribution in [3.63, 3.8) is 0 Å². The summed E-state index contributed by atoms with van der Waals surface area (Å²) in [6.07, 6.45) is 30.3. The standard InChI is InChI=1S/C42H62N4O4/c1-6-8-9-10-11-12-13-14-15-16-17-18-19-20-21-25-41(47)49-30-36(26-37-27-44-32-46(37)5)38(7-2)42(48)50-29-35-23-22-24-39(33(35)3)34(4)40-28-43-31-45-40/h11-12,14-15,22-24,27-28,31-32,34,36,38H,6-10,13,16-21,25-26,29-30H2,1-5H3,(H,43,45)/b12-11-,15-14-/t34-,36-,38-/m0/s1. The van der Waals surface area contributed by atoms with Crippen molar-refractivity contribution in [2.45, 2.75) is 130 Å². The lowest BCUT2D eigenvalue weighted by Crippen LogP contribution is -2.31. The number of aryl methyl sites for hydroxylation is 1. The Labute approximate surface area is 301 Å². The number of carbonyl (C=O) groups excluding carboxylic acids is 2. The van der Waals surface area contributed by atoms with Crippen molar-refractivity contribution >= 4 is 11.9 Å². The molecule has 0 fully saturated rings. The van der Waals surface area contributed by atoms with Crippen LogP contribution < -0.4 is 0 Å². The van der Waals surface area contributed by atoms with Gasteiger partial charge in [0.05, 0.1) is 25.2 Å². The number of carbonyl (C=O) groups is 2. The van der Waals surface area contributed by atoms with Gasteiger partial charge in [-0.25, -0.2) is 9.97 Å². The number of imidazole rings is 2. The van der Waals surface area contributed by atoms with Crippen LogP contribution in [0.5, 0.6) is 0 Å². The minimum absolute atomic E-state index is 0.138. The zero-order valence-electron chi connectivity index (χ0n) is 31.4. The lowest BCUT2D eigenvalue weighted by Gasteiger charge is -2.25. The van der Waals surface area contributed by atoms with Crippen molar-refractivity contribution in [3.8, 4) is 0 Å². The van der Waals surface area contributed by atoms with Gasteiger partial charge in [-0.15, -0.1) is 0 Å². The quantitative estimate of drug-likeness (QED) is 0.0541. The van der Waals surface area contributed by atoms with Crippen LogP contribution in [0.15, 0.2) is 67.6 Å². The number of hydrogen-bond donors (Lipinski definition) is 1.